The maximum Gasteiger partial charge on any atom is 0.302 e. The predicted octanol–water partition coefficient (Wildman–Crippen LogP) is 2.62. The normalized spacial score (nSPS) is 11.8. The Morgan fingerprint density at radius 3 is 2.39 bits per heavy atom. The summed E-state index contributed by atoms with van der Waals surface area (Å²) in [6.45, 7) is 4.93. The quantitative estimate of drug-likeness (QED) is 0.779. The molecule has 0 aliphatic rings. The highest BCUT2D eigenvalue weighted by Gasteiger charge is 2.20. The van der Waals surface area contributed by atoms with Gasteiger partial charge in [-0.1, -0.05) is 19.9 Å². The molecule has 1 rings (SSSR count). The van der Waals surface area contributed by atoms with E-state index in [0.717, 1.165) is 12.8 Å². The van der Waals surface area contributed by atoms with Crippen molar-refractivity contribution in [2.24, 2.45) is 0 Å². The van der Waals surface area contributed by atoms with Gasteiger partial charge in [-0.2, -0.15) is 12.7 Å². The van der Waals surface area contributed by atoms with Gasteiger partial charge in [0.05, 0.1) is 0 Å². The third kappa shape index (κ3) is 4.55. The van der Waals surface area contributed by atoms with Gasteiger partial charge in [0.1, 0.15) is 10.4 Å². The van der Waals surface area contributed by atoms with Crippen molar-refractivity contribution in [1.29, 1.82) is 0 Å². The second kappa shape index (κ2) is 7.06. The van der Waals surface area contributed by atoms with E-state index in [0.29, 0.717) is 23.5 Å². The molecule has 0 radical (unpaired) electrons. The second-order valence-electron chi connectivity index (χ2n) is 3.85. The molecule has 1 aromatic heterocycles. The van der Waals surface area contributed by atoms with Crippen molar-refractivity contribution in [3.8, 4) is 0 Å². The van der Waals surface area contributed by atoms with E-state index in [9.17, 15) is 8.42 Å². The van der Waals surface area contributed by atoms with Crippen LogP contribution in [0, 0.1) is 0 Å². The minimum absolute atomic E-state index is 0.321. The van der Waals surface area contributed by atoms with Crippen molar-refractivity contribution in [1.82, 2.24) is 9.29 Å². The van der Waals surface area contributed by atoms with Crippen molar-refractivity contribution < 1.29 is 8.42 Å². The predicted molar refractivity (Wildman–Crippen MR) is 76.6 cm³/mol. The number of nitrogens with zero attached hydrogens (tertiary/aromatic N) is 2. The van der Waals surface area contributed by atoms with Crippen LogP contribution in [0.4, 0.5) is 5.82 Å². The van der Waals surface area contributed by atoms with Crippen molar-refractivity contribution >= 4 is 32.0 Å². The van der Waals surface area contributed by atoms with Gasteiger partial charge in [0.25, 0.3) is 0 Å². The van der Waals surface area contributed by atoms with Gasteiger partial charge in [-0.05, 0) is 40.9 Å². The van der Waals surface area contributed by atoms with Gasteiger partial charge >= 0.3 is 10.2 Å². The minimum Gasteiger partial charge on any atom is -0.254 e. The molecule has 0 unspecified atom stereocenters. The molecule has 0 saturated carbocycles. The van der Waals surface area contributed by atoms with Crippen LogP contribution < -0.4 is 4.72 Å². The number of nitrogens with one attached hydrogen (secondary N) is 1. The first kappa shape index (κ1) is 15.4. The van der Waals surface area contributed by atoms with Crippen LogP contribution in [-0.2, 0) is 10.2 Å². The molecule has 5 nitrogen and oxygen atoms in total. The number of hydrogen-bond acceptors (Lipinski definition) is 3. The SMILES string of the molecule is CCCN(CCC)S(=O)(=O)Nc1cccc(Br)n1. The fourth-order valence-corrected chi connectivity index (χ4v) is 3.21. The van der Waals surface area contributed by atoms with Crippen LogP contribution in [-0.4, -0.2) is 30.8 Å². The molecule has 0 spiro atoms. The molecule has 0 bridgehead atoms. The van der Waals surface area contributed by atoms with E-state index < -0.39 is 10.2 Å². The lowest BCUT2D eigenvalue weighted by molar-refractivity contribution is 0.413. The maximum absolute atomic E-state index is 12.2. The first-order chi connectivity index (χ1) is 8.49. The summed E-state index contributed by atoms with van der Waals surface area (Å²) in [7, 11) is -3.52. The molecule has 1 aromatic rings. The van der Waals surface area contributed by atoms with Crippen molar-refractivity contribution in [2.45, 2.75) is 26.7 Å². The Morgan fingerprint density at radius 1 is 1.28 bits per heavy atom. The molecular formula is C11H18BrN3O2S. The maximum atomic E-state index is 12.2. The highest BCUT2D eigenvalue weighted by atomic mass is 79.9. The summed E-state index contributed by atoms with van der Waals surface area (Å²) < 4.78 is 28.8. The number of pyridine rings is 1. The summed E-state index contributed by atoms with van der Waals surface area (Å²) in [6, 6.07) is 5.10. The van der Waals surface area contributed by atoms with Gasteiger partial charge < -0.3 is 0 Å². The molecule has 7 heteroatoms. The van der Waals surface area contributed by atoms with Crippen molar-refractivity contribution in [3.05, 3.63) is 22.8 Å². The molecule has 0 aliphatic carbocycles. The van der Waals surface area contributed by atoms with Crippen LogP contribution in [0.5, 0.6) is 0 Å². The molecule has 102 valence electrons. The van der Waals surface area contributed by atoms with E-state index in [1.54, 1.807) is 18.2 Å². The molecule has 0 saturated heterocycles. The molecular weight excluding hydrogens is 318 g/mol. The van der Waals surface area contributed by atoms with Gasteiger partial charge in [0.15, 0.2) is 0 Å². The number of anilines is 1. The third-order valence-corrected chi connectivity index (χ3v) is 4.19. The Bertz CT molecular complexity index is 473. The summed E-state index contributed by atoms with van der Waals surface area (Å²) in [4.78, 5) is 4.06. The van der Waals surface area contributed by atoms with Crippen molar-refractivity contribution in [2.75, 3.05) is 17.8 Å². The van der Waals surface area contributed by atoms with Crippen LogP contribution in [0.15, 0.2) is 22.8 Å². The van der Waals surface area contributed by atoms with E-state index in [1.807, 2.05) is 13.8 Å². The lowest BCUT2D eigenvalue weighted by Gasteiger charge is -2.21. The largest absolute Gasteiger partial charge is 0.302 e. The summed E-state index contributed by atoms with van der Waals surface area (Å²) in [5.41, 5.74) is 0. The minimum atomic E-state index is -3.52. The summed E-state index contributed by atoms with van der Waals surface area (Å²) in [5.74, 6) is 0.321. The van der Waals surface area contributed by atoms with Crippen LogP contribution >= 0.6 is 15.9 Å². The lowest BCUT2D eigenvalue weighted by atomic mass is 10.4. The molecule has 0 aliphatic heterocycles. The van der Waals surface area contributed by atoms with Crippen LogP contribution in [0.25, 0.3) is 0 Å². The standard InChI is InChI=1S/C11H18BrN3O2S/c1-3-8-15(9-4-2)18(16,17)14-11-7-5-6-10(12)13-11/h5-7H,3-4,8-9H2,1-2H3,(H,13,14). The average molecular weight is 336 g/mol. The van der Waals surface area contributed by atoms with E-state index in [4.69, 9.17) is 0 Å². The Balaban J connectivity index is 2.85. The molecule has 0 aromatic carbocycles. The van der Waals surface area contributed by atoms with Crippen LogP contribution in [0.3, 0.4) is 0 Å². The fourth-order valence-electron chi connectivity index (χ4n) is 1.51. The Kier molecular flexibility index (Phi) is 6.04. The smallest absolute Gasteiger partial charge is 0.254 e. The summed E-state index contributed by atoms with van der Waals surface area (Å²) in [5, 5.41) is 0. The summed E-state index contributed by atoms with van der Waals surface area (Å²) >= 11 is 3.21. The average Bonchev–Trinajstić information content (AvgIpc) is 2.28. The zero-order valence-corrected chi connectivity index (χ0v) is 13.0. The van der Waals surface area contributed by atoms with Gasteiger partial charge in [-0.25, -0.2) is 4.98 Å². The molecule has 1 N–H and O–H groups in total. The highest BCUT2D eigenvalue weighted by molar-refractivity contribution is 9.10. The highest BCUT2D eigenvalue weighted by Crippen LogP contribution is 2.13. The zero-order chi connectivity index (χ0) is 13.6. The molecule has 18 heavy (non-hydrogen) atoms. The van der Waals surface area contributed by atoms with Gasteiger partial charge in [-0.15, -0.1) is 0 Å². The van der Waals surface area contributed by atoms with Crippen LogP contribution in [0.2, 0.25) is 0 Å². The van der Waals surface area contributed by atoms with Crippen LogP contribution in [0.1, 0.15) is 26.7 Å². The molecule has 0 atom stereocenters. The summed E-state index contributed by atoms with van der Waals surface area (Å²) in [6.07, 6.45) is 1.57. The first-order valence-corrected chi connectivity index (χ1v) is 8.13. The number of halogens is 1. The molecule has 0 fully saturated rings. The monoisotopic (exact) mass is 335 g/mol. The Labute approximate surface area is 117 Å². The van der Waals surface area contributed by atoms with E-state index in [-0.39, 0.29) is 0 Å². The third-order valence-electron chi connectivity index (χ3n) is 2.23. The fraction of sp³-hybridized carbons (Fsp3) is 0.545. The van der Waals surface area contributed by atoms with Crippen molar-refractivity contribution in [3.63, 3.8) is 0 Å². The van der Waals surface area contributed by atoms with Gasteiger partial charge in [-0.3, -0.25) is 4.72 Å². The lowest BCUT2D eigenvalue weighted by Crippen LogP contribution is -2.37. The Hall–Kier alpha value is -0.660. The van der Waals surface area contributed by atoms with Gasteiger partial charge in [0, 0.05) is 13.1 Å². The zero-order valence-electron chi connectivity index (χ0n) is 10.6. The molecule has 1 heterocycles. The second-order valence-corrected chi connectivity index (χ2v) is 6.33. The van der Waals surface area contributed by atoms with E-state index in [1.165, 1.54) is 4.31 Å². The van der Waals surface area contributed by atoms with Gasteiger partial charge in [0.2, 0.25) is 0 Å². The number of hydrogen-bond donors (Lipinski definition) is 1. The number of rotatable bonds is 7. The number of aromatic nitrogens is 1. The van der Waals surface area contributed by atoms with E-state index >= 15 is 0 Å². The topological polar surface area (TPSA) is 62.3 Å². The Morgan fingerprint density at radius 2 is 1.89 bits per heavy atom. The first-order valence-electron chi connectivity index (χ1n) is 5.90. The van der Waals surface area contributed by atoms with E-state index in [2.05, 4.69) is 25.6 Å². The molecule has 0 amide bonds.